The van der Waals surface area contributed by atoms with E-state index < -0.39 is 0 Å². The van der Waals surface area contributed by atoms with E-state index in [-0.39, 0.29) is 11.7 Å². The van der Waals surface area contributed by atoms with Crippen LogP contribution in [0.1, 0.15) is 35.1 Å². The number of thiocarbonyl (C=S) groups is 1. The van der Waals surface area contributed by atoms with Gasteiger partial charge in [-0.1, -0.05) is 12.1 Å². The van der Waals surface area contributed by atoms with Gasteiger partial charge in [-0.05, 0) is 86.3 Å². The fourth-order valence-corrected chi connectivity index (χ4v) is 5.00. The van der Waals surface area contributed by atoms with Crippen molar-refractivity contribution in [2.24, 2.45) is 0 Å². The maximum Gasteiger partial charge on any atom is 0.253 e. The minimum absolute atomic E-state index is 0.0852. The number of pyridine rings is 1. The average molecular weight is 510 g/mol. The number of rotatable bonds is 9. The molecular weight excluding hydrogens is 474 g/mol. The number of fused-ring (bicyclic) bond motifs is 1. The molecule has 1 saturated heterocycles. The lowest BCUT2D eigenvalue weighted by Crippen LogP contribution is -2.44. The van der Waals surface area contributed by atoms with Gasteiger partial charge in [0.1, 0.15) is 0 Å². The molecule has 0 saturated carbocycles. The van der Waals surface area contributed by atoms with Crippen LogP contribution < -0.4 is 20.3 Å². The molecule has 8 heteroatoms. The number of methoxy groups -OCH3 is 2. The van der Waals surface area contributed by atoms with Crippen LogP contribution in [0.4, 0.5) is 0 Å². The summed E-state index contributed by atoms with van der Waals surface area (Å²) in [6, 6.07) is 12.1. The highest BCUT2D eigenvalue weighted by Gasteiger charge is 2.22. The Kier molecular flexibility index (Phi) is 8.48. The lowest BCUT2D eigenvalue weighted by molar-refractivity contribution is 0.0897. The van der Waals surface area contributed by atoms with Gasteiger partial charge in [0.05, 0.1) is 26.9 Å². The molecule has 3 aromatic rings. The second-order valence-electron chi connectivity index (χ2n) is 9.35. The predicted octanol–water partition coefficient (Wildman–Crippen LogP) is 4.26. The first kappa shape index (κ1) is 26.0. The van der Waals surface area contributed by atoms with E-state index >= 15 is 0 Å². The van der Waals surface area contributed by atoms with Gasteiger partial charge >= 0.3 is 0 Å². The number of aryl methyl sites for hydroxylation is 2. The number of aromatic nitrogens is 1. The molecular formula is C28H35N3O4S. The number of benzene rings is 2. The van der Waals surface area contributed by atoms with Crippen LogP contribution in [0.3, 0.4) is 0 Å². The zero-order valence-electron chi connectivity index (χ0n) is 21.5. The molecule has 1 aromatic heterocycles. The van der Waals surface area contributed by atoms with E-state index in [1.807, 2.05) is 37.3 Å². The molecule has 0 aliphatic carbocycles. The van der Waals surface area contributed by atoms with E-state index in [0.717, 1.165) is 53.5 Å². The van der Waals surface area contributed by atoms with Crippen LogP contribution in [0.25, 0.3) is 10.9 Å². The lowest BCUT2D eigenvalue weighted by Gasteiger charge is -2.28. The van der Waals surface area contributed by atoms with Crippen LogP contribution in [0.15, 0.2) is 41.2 Å². The topological polar surface area (TPSA) is 75.8 Å². The second-order valence-corrected chi connectivity index (χ2v) is 9.74. The minimum atomic E-state index is -0.0852. The van der Waals surface area contributed by atoms with Gasteiger partial charge in [-0.2, -0.15) is 0 Å². The van der Waals surface area contributed by atoms with Crippen molar-refractivity contribution in [1.29, 1.82) is 0 Å². The van der Waals surface area contributed by atoms with Gasteiger partial charge in [-0.15, -0.1) is 0 Å². The molecule has 2 heterocycles. The van der Waals surface area contributed by atoms with Crippen LogP contribution in [0.2, 0.25) is 0 Å². The first-order chi connectivity index (χ1) is 17.4. The van der Waals surface area contributed by atoms with Gasteiger partial charge in [-0.25, -0.2) is 0 Å². The first-order valence-corrected chi connectivity index (χ1v) is 12.8. The van der Waals surface area contributed by atoms with E-state index in [2.05, 4.69) is 28.2 Å². The molecule has 0 amide bonds. The highest BCUT2D eigenvalue weighted by molar-refractivity contribution is 7.80. The number of nitrogens with zero attached hydrogens (tertiary/aromatic N) is 1. The van der Waals surface area contributed by atoms with Crippen molar-refractivity contribution in [3.8, 4) is 11.5 Å². The molecule has 0 spiro atoms. The molecule has 2 N–H and O–H groups in total. The molecule has 192 valence electrons. The molecule has 1 aliphatic rings. The van der Waals surface area contributed by atoms with E-state index in [4.69, 9.17) is 26.4 Å². The van der Waals surface area contributed by atoms with Crippen LogP contribution in [0.5, 0.6) is 11.5 Å². The number of hydrogen-bond donors (Lipinski definition) is 2. The van der Waals surface area contributed by atoms with E-state index in [0.29, 0.717) is 41.8 Å². The molecule has 0 bridgehead atoms. The normalized spacial score (nSPS) is 15.2. The lowest BCUT2D eigenvalue weighted by atomic mass is 10.0. The van der Waals surface area contributed by atoms with Gasteiger partial charge < -0.3 is 29.4 Å². The van der Waals surface area contributed by atoms with Gasteiger partial charge in [0.25, 0.3) is 5.56 Å². The van der Waals surface area contributed by atoms with Crippen molar-refractivity contribution in [1.82, 2.24) is 15.2 Å². The molecule has 7 nitrogen and oxygen atoms in total. The second kappa shape index (κ2) is 11.8. The molecule has 1 fully saturated rings. The summed E-state index contributed by atoms with van der Waals surface area (Å²) in [5.41, 5.74) is 4.86. The molecule has 36 heavy (non-hydrogen) atoms. The number of H-pyrrole nitrogens is 1. The Bertz CT molecular complexity index is 1280. The van der Waals surface area contributed by atoms with Crippen molar-refractivity contribution in [3.05, 3.63) is 69.0 Å². The monoisotopic (exact) mass is 509 g/mol. The summed E-state index contributed by atoms with van der Waals surface area (Å²) in [5.74, 6) is 1.41. The Morgan fingerprint density at radius 3 is 2.69 bits per heavy atom. The highest BCUT2D eigenvalue weighted by atomic mass is 32.1. The van der Waals surface area contributed by atoms with E-state index in [1.165, 1.54) is 0 Å². The molecule has 0 unspecified atom stereocenters. The summed E-state index contributed by atoms with van der Waals surface area (Å²) in [4.78, 5) is 18.1. The summed E-state index contributed by atoms with van der Waals surface area (Å²) < 4.78 is 16.6. The minimum Gasteiger partial charge on any atom is -0.493 e. The summed E-state index contributed by atoms with van der Waals surface area (Å²) in [5, 5.41) is 5.06. The van der Waals surface area contributed by atoms with Crippen LogP contribution in [-0.4, -0.2) is 55.0 Å². The third-order valence-corrected chi connectivity index (χ3v) is 7.03. The van der Waals surface area contributed by atoms with Gasteiger partial charge in [0.15, 0.2) is 16.6 Å². The third kappa shape index (κ3) is 6.17. The van der Waals surface area contributed by atoms with Gasteiger partial charge in [-0.3, -0.25) is 4.79 Å². The Morgan fingerprint density at radius 2 is 1.97 bits per heavy atom. The van der Waals surface area contributed by atoms with Gasteiger partial charge in [0, 0.05) is 36.2 Å². The average Bonchev–Trinajstić information content (AvgIpc) is 3.37. The number of hydrogen-bond acceptors (Lipinski definition) is 5. The Hall–Kier alpha value is -3.10. The van der Waals surface area contributed by atoms with Crippen molar-refractivity contribution < 1.29 is 14.2 Å². The SMILES string of the molecule is COc1ccc(CCNC(=S)N(Cc2cc3c(C)cc(C)cc3[nH]c2=O)C[C@@H]2CCCO2)cc1OC. The molecule has 1 atom stereocenters. The van der Waals surface area contributed by atoms with E-state index in [1.54, 1.807) is 14.2 Å². The third-order valence-electron chi connectivity index (χ3n) is 6.62. The van der Waals surface area contributed by atoms with Crippen LogP contribution >= 0.6 is 12.2 Å². The van der Waals surface area contributed by atoms with Crippen molar-refractivity contribution in [2.75, 3.05) is 33.9 Å². The van der Waals surface area contributed by atoms with Crippen molar-refractivity contribution >= 4 is 28.2 Å². The number of ether oxygens (including phenoxy) is 3. The largest absolute Gasteiger partial charge is 0.493 e. The Morgan fingerprint density at radius 1 is 1.17 bits per heavy atom. The zero-order chi connectivity index (χ0) is 25.7. The van der Waals surface area contributed by atoms with Crippen LogP contribution in [-0.2, 0) is 17.7 Å². The van der Waals surface area contributed by atoms with Crippen molar-refractivity contribution in [3.63, 3.8) is 0 Å². The summed E-state index contributed by atoms with van der Waals surface area (Å²) in [7, 11) is 3.26. The summed E-state index contributed by atoms with van der Waals surface area (Å²) in [6.45, 7) is 6.60. The quantitative estimate of drug-likeness (QED) is 0.418. The number of nitrogens with one attached hydrogen (secondary N) is 2. The number of aromatic amines is 1. The molecule has 1 aliphatic heterocycles. The van der Waals surface area contributed by atoms with Crippen molar-refractivity contribution in [2.45, 2.75) is 45.8 Å². The van der Waals surface area contributed by atoms with Crippen LogP contribution in [0, 0.1) is 13.8 Å². The van der Waals surface area contributed by atoms with Gasteiger partial charge in [0.2, 0.25) is 0 Å². The maximum atomic E-state index is 13.0. The molecule has 0 radical (unpaired) electrons. The molecule has 4 rings (SSSR count). The summed E-state index contributed by atoms with van der Waals surface area (Å²) in [6.07, 6.45) is 2.92. The maximum absolute atomic E-state index is 13.0. The standard InChI is InChI=1S/C28H35N3O4S/c1-18-12-19(2)23-15-21(27(32)30-24(23)13-18)16-31(17-22-6-5-11-35-22)28(36)29-10-9-20-7-8-25(33-3)26(14-20)34-4/h7-8,12-15,22H,5-6,9-11,16-17H2,1-4H3,(H,29,36)(H,30,32)/t22-/m0/s1. The smallest absolute Gasteiger partial charge is 0.253 e. The zero-order valence-corrected chi connectivity index (χ0v) is 22.3. The fourth-order valence-electron chi connectivity index (χ4n) is 4.75. The Labute approximate surface area is 217 Å². The highest BCUT2D eigenvalue weighted by Crippen LogP contribution is 2.27. The fraction of sp³-hybridized carbons (Fsp3) is 0.429. The van der Waals surface area contributed by atoms with E-state index in [9.17, 15) is 4.79 Å². The Balaban J connectivity index is 1.48. The molecule has 2 aromatic carbocycles. The predicted molar refractivity (Wildman–Crippen MR) is 147 cm³/mol. The summed E-state index contributed by atoms with van der Waals surface area (Å²) >= 11 is 5.80. The first-order valence-electron chi connectivity index (χ1n) is 12.4.